The first kappa shape index (κ1) is 18.9. The lowest BCUT2D eigenvalue weighted by molar-refractivity contribution is -0.144. The van der Waals surface area contributed by atoms with Gasteiger partial charge in [-0.2, -0.15) is 0 Å². The van der Waals surface area contributed by atoms with Crippen LogP contribution in [0.4, 0.5) is 0 Å². The number of hydrogen-bond acceptors (Lipinski definition) is 4. The first-order chi connectivity index (χ1) is 13.5. The maximum Gasteiger partial charge on any atom is 0.246 e. The van der Waals surface area contributed by atoms with Crippen molar-refractivity contribution < 1.29 is 14.4 Å². The predicted octanol–water partition coefficient (Wildman–Crippen LogP) is 0.506. The quantitative estimate of drug-likeness (QED) is 0.796. The molecule has 2 N–H and O–H groups in total. The van der Waals surface area contributed by atoms with Gasteiger partial charge in [-0.15, -0.1) is 0 Å². The first-order valence-electron chi connectivity index (χ1n) is 10.2. The second-order valence-corrected chi connectivity index (χ2v) is 8.31. The van der Waals surface area contributed by atoms with E-state index < -0.39 is 6.04 Å². The summed E-state index contributed by atoms with van der Waals surface area (Å²) in [6.07, 6.45) is 3.31. The molecule has 0 aliphatic carbocycles. The number of carbonyl (C=O) groups excluding carboxylic acids is 3. The Kier molecular flexibility index (Phi) is 5.35. The number of carbonyl (C=O) groups is 3. The summed E-state index contributed by atoms with van der Waals surface area (Å²) in [5.41, 5.74) is 1.26. The van der Waals surface area contributed by atoms with Gasteiger partial charge >= 0.3 is 0 Å². The minimum absolute atomic E-state index is 0.00317. The molecule has 1 atom stereocenters. The Balaban J connectivity index is 1.35. The number of piperidine rings is 2. The highest BCUT2D eigenvalue weighted by Gasteiger charge is 2.42. The van der Waals surface area contributed by atoms with Gasteiger partial charge in [0.1, 0.15) is 6.04 Å². The summed E-state index contributed by atoms with van der Waals surface area (Å²) in [5, 5.41) is 5.77. The van der Waals surface area contributed by atoms with E-state index in [2.05, 4.69) is 22.8 Å². The monoisotopic (exact) mass is 384 g/mol. The molecule has 0 aromatic heterocycles. The second-order valence-electron chi connectivity index (χ2n) is 8.31. The van der Waals surface area contributed by atoms with Gasteiger partial charge in [0.25, 0.3) is 0 Å². The summed E-state index contributed by atoms with van der Waals surface area (Å²) in [6, 6.07) is 9.65. The molecule has 3 aliphatic heterocycles. The average molecular weight is 384 g/mol. The van der Waals surface area contributed by atoms with E-state index in [9.17, 15) is 14.4 Å². The summed E-state index contributed by atoms with van der Waals surface area (Å²) >= 11 is 0. The van der Waals surface area contributed by atoms with Gasteiger partial charge in [-0.05, 0) is 30.2 Å². The van der Waals surface area contributed by atoms with Crippen molar-refractivity contribution in [3.05, 3.63) is 35.9 Å². The van der Waals surface area contributed by atoms with Crippen LogP contribution in [0.3, 0.4) is 0 Å². The molecule has 1 aromatic carbocycles. The average Bonchev–Trinajstić information content (AvgIpc) is 2.72. The molecule has 0 bridgehead atoms. The zero-order chi connectivity index (χ0) is 19.6. The number of rotatable bonds is 3. The number of nitrogens with zero attached hydrogens (tertiary/aromatic N) is 2. The van der Waals surface area contributed by atoms with Gasteiger partial charge < -0.3 is 20.4 Å². The van der Waals surface area contributed by atoms with Gasteiger partial charge in [-0.25, -0.2) is 0 Å². The van der Waals surface area contributed by atoms with E-state index in [1.807, 2.05) is 28.0 Å². The van der Waals surface area contributed by atoms with Gasteiger partial charge in [-0.3, -0.25) is 14.4 Å². The molecule has 4 rings (SSSR count). The molecule has 1 unspecified atom stereocenters. The van der Waals surface area contributed by atoms with Crippen molar-refractivity contribution in [1.82, 2.24) is 20.4 Å². The molecule has 28 heavy (non-hydrogen) atoms. The van der Waals surface area contributed by atoms with Gasteiger partial charge in [0.15, 0.2) is 0 Å². The lowest BCUT2D eigenvalue weighted by Crippen LogP contribution is -2.61. The Morgan fingerprint density at radius 3 is 2.57 bits per heavy atom. The Morgan fingerprint density at radius 2 is 1.86 bits per heavy atom. The number of hydrogen-bond donors (Lipinski definition) is 2. The summed E-state index contributed by atoms with van der Waals surface area (Å²) < 4.78 is 0. The Bertz CT molecular complexity index is 743. The number of nitrogens with one attached hydrogen (secondary N) is 2. The molecular weight excluding hydrogens is 356 g/mol. The van der Waals surface area contributed by atoms with Crippen molar-refractivity contribution in [2.75, 3.05) is 32.7 Å². The van der Waals surface area contributed by atoms with Crippen LogP contribution in [0.15, 0.2) is 30.3 Å². The number of amides is 3. The summed E-state index contributed by atoms with van der Waals surface area (Å²) in [5.74, 6) is 0.104. The zero-order valence-corrected chi connectivity index (χ0v) is 16.2. The summed E-state index contributed by atoms with van der Waals surface area (Å²) in [4.78, 5) is 40.6. The topological polar surface area (TPSA) is 81.8 Å². The van der Waals surface area contributed by atoms with Crippen LogP contribution < -0.4 is 10.6 Å². The van der Waals surface area contributed by atoms with E-state index in [-0.39, 0.29) is 29.7 Å². The van der Waals surface area contributed by atoms with Crippen molar-refractivity contribution in [2.24, 2.45) is 5.41 Å². The molecule has 0 saturated carbocycles. The van der Waals surface area contributed by atoms with Crippen molar-refractivity contribution in [2.45, 2.75) is 38.3 Å². The van der Waals surface area contributed by atoms with Gasteiger partial charge in [-0.1, -0.05) is 30.3 Å². The molecule has 1 aromatic rings. The van der Waals surface area contributed by atoms with E-state index in [0.717, 1.165) is 31.4 Å². The van der Waals surface area contributed by atoms with Gasteiger partial charge in [0.05, 0.1) is 6.54 Å². The van der Waals surface area contributed by atoms with Crippen LogP contribution in [0, 0.1) is 5.41 Å². The zero-order valence-electron chi connectivity index (χ0n) is 16.2. The van der Waals surface area contributed by atoms with Crippen molar-refractivity contribution in [3.63, 3.8) is 0 Å². The molecule has 7 heteroatoms. The van der Waals surface area contributed by atoms with Crippen molar-refractivity contribution >= 4 is 17.7 Å². The minimum Gasteiger partial charge on any atom is -0.342 e. The largest absolute Gasteiger partial charge is 0.342 e. The van der Waals surface area contributed by atoms with E-state index in [1.165, 1.54) is 0 Å². The van der Waals surface area contributed by atoms with E-state index >= 15 is 0 Å². The molecular formula is C21H28N4O3. The maximum atomic E-state index is 12.7. The highest BCUT2D eigenvalue weighted by atomic mass is 16.2. The molecule has 150 valence electrons. The van der Waals surface area contributed by atoms with Crippen LogP contribution in [0.1, 0.15) is 31.2 Å². The van der Waals surface area contributed by atoms with Crippen LogP contribution in [0.25, 0.3) is 0 Å². The third-order valence-corrected chi connectivity index (χ3v) is 6.37. The first-order valence-corrected chi connectivity index (χ1v) is 10.2. The molecule has 3 amide bonds. The van der Waals surface area contributed by atoms with Gasteiger partial charge in [0.2, 0.25) is 17.7 Å². The van der Waals surface area contributed by atoms with Crippen LogP contribution in [0.5, 0.6) is 0 Å². The molecule has 0 radical (unpaired) electrons. The lowest BCUT2D eigenvalue weighted by Gasteiger charge is -2.48. The van der Waals surface area contributed by atoms with Crippen molar-refractivity contribution in [3.8, 4) is 0 Å². The molecule has 3 fully saturated rings. The highest BCUT2D eigenvalue weighted by molar-refractivity contribution is 5.89. The fourth-order valence-corrected chi connectivity index (χ4v) is 4.66. The Morgan fingerprint density at radius 1 is 1.11 bits per heavy atom. The lowest BCUT2D eigenvalue weighted by atomic mass is 9.72. The number of benzene rings is 1. The normalized spacial score (nSPS) is 24.9. The maximum absolute atomic E-state index is 12.7. The van der Waals surface area contributed by atoms with E-state index in [1.54, 1.807) is 0 Å². The Hall–Kier alpha value is -2.41. The molecule has 1 spiro atoms. The van der Waals surface area contributed by atoms with Crippen LogP contribution >= 0.6 is 0 Å². The SMILES string of the molecule is O=C1CNCC(C(=O)N2CCC3(CCC(=O)N(Cc4ccccc4)C3)CC2)N1. The highest BCUT2D eigenvalue weighted by Crippen LogP contribution is 2.40. The molecule has 3 aliphatic rings. The third kappa shape index (κ3) is 4.04. The van der Waals surface area contributed by atoms with Crippen LogP contribution in [0.2, 0.25) is 0 Å². The van der Waals surface area contributed by atoms with E-state index in [4.69, 9.17) is 0 Å². The van der Waals surface area contributed by atoms with Crippen LogP contribution in [-0.2, 0) is 20.9 Å². The summed E-state index contributed by atoms with van der Waals surface area (Å²) in [7, 11) is 0. The fraction of sp³-hybridized carbons (Fsp3) is 0.571. The fourth-order valence-electron chi connectivity index (χ4n) is 4.66. The number of piperazine rings is 1. The second kappa shape index (κ2) is 7.91. The summed E-state index contributed by atoms with van der Waals surface area (Å²) in [6.45, 7) is 3.58. The molecule has 3 saturated heterocycles. The van der Waals surface area contributed by atoms with Gasteiger partial charge in [0, 0.05) is 39.1 Å². The Labute approximate surface area is 165 Å². The van der Waals surface area contributed by atoms with Crippen molar-refractivity contribution in [1.29, 1.82) is 0 Å². The van der Waals surface area contributed by atoms with Crippen LogP contribution in [-0.4, -0.2) is 66.3 Å². The smallest absolute Gasteiger partial charge is 0.246 e. The standard InChI is InChI=1S/C21H28N4O3/c26-18-13-22-12-17(23-18)20(28)24-10-8-21(9-11-24)7-6-19(27)25(15-21)14-16-4-2-1-3-5-16/h1-5,17,22H,6-15H2,(H,23,26). The van der Waals surface area contributed by atoms with E-state index in [0.29, 0.717) is 32.6 Å². The minimum atomic E-state index is -0.460. The molecule has 3 heterocycles. The predicted molar refractivity (Wildman–Crippen MR) is 104 cm³/mol. The number of likely N-dealkylation sites (tertiary alicyclic amines) is 2. The molecule has 7 nitrogen and oxygen atoms in total. The third-order valence-electron chi connectivity index (χ3n) is 6.37.